The topological polar surface area (TPSA) is 20.3 Å². The monoisotopic (exact) mass is 297 g/mol. The van der Waals surface area contributed by atoms with Crippen LogP contribution in [0.5, 0.6) is 0 Å². The van der Waals surface area contributed by atoms with E-state index >= 15 is 0 Å². The summed E-state index contributed by atoms with van der Waals surface area (Å²) in [6.45, 7) is 5.45. The van der Waals surface area contributed by atoms with Gasteiger partial charge < -0.3 is 4.90 Å². The van der Waals surface area contributed by atoms with Crippen LogP contribution in [0.15, 0.2) is 30.3 Å². The molecule has 0 bridgehead atoms. The van der Waals surface area contributed by atoms with E-state index in [1.54, 1.807) is 0 Å². The first-order valence-corrected chi connectivity index (χ1v) is 9.57. The summed E-state index contributed by atoms with van der Waals surface area (Å²) >= 11 is 1.99. The van der Waals surface area contributed by atoms with Crippen LogP contribution < -0.4 is 0 Å². The van der Waals surface area contributed by atoms with E-state index in [4.69, 9.17) is 0 Å². The third kappa shape index (κ3) is 5.67. The maximum Gasteiger partial charge on any atom is 0.0362 e. The van der Waals surface area contributed by atoms with Gasteiger partial charge in [-0.3, -0.25) is 4.21 Å². The van der Waals surface area contributed by atoms with Crippen molar-refractivity contribution in [1.82, 2.24) is 4.90 Å². The van der Waals surface area contributed by atoms with Gasteiger partial charge in [-0.05, 0) is 11.5 Å². The van der Waals surface area contributed by atoms with Crippen molar-refractivity contribution >= 4 is 22.6 Å². The van der Waals surface area contributed by atoms with Gasteiger partial charge in [0.2, 0.25) is 0 Å². The van der Waals surface area contributed by atoms with Crippen molar-refractivity contribution < 1.29 is 4.21 Å². The fourth-order valence-corrected chi connectivity index (χ4v) is 4.71. The van der Waals surface area contributed by atoms with E-state index in [2.05, 4.69) is 42.2 Å². The molecule has 2 rings (SSSR count). The van der Waals surface area contributed by atoms with Gasteiger partial charge in [0.1, 0.15) is 0 Å². The lowest BCUT2D eigenvalue weighted by Gasteiger charge is -2.21. The highest BCUT2D eigenvalue weighted by Crippen LogP contribution is 2.13. The average Bonchev–Trinajstić information content (AvgIpc) is 2.57. The summed E-state index contributed by atoms with van der Waals surface area (Å²) in [7, 11) is -0.594. The van der Waals surface area contributed by atoms with Crippen molar-refractivity contribution in [2.75, 3.05) is 36.9 Å². The molecule has 0 spiro atoms. The highest BCUT2D eigenvalue weighted by atomic mass is 32.2. The molecule has 1 aromatic carbocycles. The summed E-state index contributed by atoms with van der Waals surface area (Å²) in [5.41, 5.74) is 1.40. The SMILES string of the molecule is C[C@@H]1CN(CCSCc2ccccc2)CC[S@@](=O)C1. The van der Waals surface area contributed by atoms with Gasteiger partial charge in [-0.25, -0.2) is 0 Å². The largest absolute Gasteiger partial charge is 0.301 e. The van der Waals surface area contributed by atoms with E-state index in [1.807, 2.05) is 11.8 Å². The Hall–Kier alpha value is -0.320. The Balaban J connectivity index is 1.66. The minimum Gasteiger partial charge on any atom is -0.301 e. The Kier molecular flexibility index (Phi) is 6.41. The van der Waals surface area contributed by atoms with Crippen molar-refractivity contribution in [3.8, 4) is 0 Å². The standard InChI is InChI=1S/C15H23NOS2/c1-14-11-16(8-10-19(17)13-14)7-9-18-12-15-5-3-2-4-6-15/h2-6,14H,7-13H2,1H3/t14-,19-/m1/s1. The van der Waals surface area contributed by atoms with Crippen LogP contribution in [0.4, 0.5) is 0 Å². The van der Waals surface area contributed by atoms with Crippen molar-refractivity contribution in [1.29, 1.82) is 0 Å². The predicted octanol–water partition coefficient (Wildman–Crippen LogP) is 2.62. The number of thioether (sulfide) groups is 1. The van der Waals surface area contributed by atoms with Crippen LogP contribution in [0.25, 0.3) is 0 Å². The quantitative estimate of drug-likeness (QED) is 0.779. The third-order valence-corrected chi connectivity index (χ3v) is 5.93. The van der Waals surface area contributed by atoms with Gasteiger partial charge >= 0.3 is 0 Å². The van der Waals surface area contributed by atoms with Crippen molar-refractivity contribution in [3.63, 3.8) is 0 Å². The molecular weight excluding hydrogens is 274 g/mol. The molecule has 1 aromatic rings. The Bertz CT molecular complexity index is 396. The molecule has 0 aromatic heterocycles. The molecule has 106 valence electrons. The van der Waals surface area contributed by atoms with Crippen molar-refractivity contribution in [2.24, 2.45) is 5.92 Å². The molecule has 2 nitrogen and oxygen atoms in total. The summed E-state index contributed by atoms with van der Waals surface area (Å²) in [5, 5.41) is 0. The zero-order valence-electron chi connectivity index (χ0n) is 11.6. The van der Waals surface area contributed by atoms with Gasteiger partial charge in [-0.2, -0.15) is 11.8 Å². The smallest absolute Gasteiger partial charge is 0.0362 e. The first-order valence-electron chi connectivity index (χ1n) is 6.93. The van der Waals surface area contributed by atoms with Gasteiger partial charge in [0.15, 0.2) is 0 Å². The van der Waals surface area contributed by atoms with Gasteiger partial charge in [0, 0.05) is 53.4 Å². The molecule has 0 N–H and O–H groups in total. The summed E-state index contributed by atoms with van der Waals surface area (Å²) < 4.78 is 11.6. The maximum atomic E-state index is 11.6. The van der Waals surface area contributed by atoms with E-state index in [0.29, 0.717) is 5.92 Å². The van der Waals surface area contributed by atoms with Gasteiger partial charge in [0.05, 0.1) is 0 Å². The molecule has 2 atom stereocenters. The molecule has 0 saturated carbocycles. The first-order chi connectivity index (χ1) is 9.24. The molecular formula is C15H23NOS2. The number of rotatable bonds is 5. The second-order valence-corrected chi connectivity index (χ2v) is 7.98. The molecule has 0 unspecified atom stereocenters. The van der Waals surface area contributed by atoms with Crippen LogP contribution in [0.1, 0.15) is 12.5 Å². The molecule has 19 heavy (non-hydrogen) atoms. The van der Waals surface area contributed by atoms with Gasteiger partial charge in [0.25, 0.3) is 0 Å². The molecule has 0 aliphatic carbocycles. The lowest BCUT2D eigenvalue weighted by molar-refractivity contribution is 0.281. The lowest BCUT2D eigenvalue weighted by atomic mass is 10.2. The number of hydrogen-bond acceptors (Lipinski definition) is 3. The molecule has 4 heteroatoms. The molecule has 1 fully saturated rings. The van der Waals surface area contributed by atoms with Crippen LogP contribution in [-0.2, 0) is 16.6 Å². The third-order valence-electron chi connectivity index (χ3n) is 3.34. The lowest BCUT2D eigenvalue weighted by Crippen LogP contribution is -2.31. The Morgan fingerprint density at radius 1 is 1.37 bits per heavy atom. The van der Waals surface area contributed by atoms with Crippen LogP contribution in [0.3, 0.4) is 0 Å². The number of benzene rings is 1. The highest BCUT2D eigenvalue weighted by molar-refractivity contribution is 7.98. The fourth-order valence-electron chi connectivity index (χ4n) is 2.38. The summed E-state index contributed by atoms with van der Waals surface area (Å²) in [5.74, 6) is 4.56. The summed E-state index contributed by atoms with van der Waals surface area (Å²) in [6, 6.07) is 10.6. The highest BCUT2D eigenvalue weighted by Gasteiger charge is 2.18. The van der Waals surface area contributed by atoms with Crippen LogP contribution in [0.2, 0.25) is 0 Å². The average molecular weight is 297 g/mol. The second-order valence-electron chi connectivity index (χ2n) is 5.25. The normalized spacial score (nSPS) is 25.1. The van der Waals surface area contributed by atoms with E-state index in [9.17, 15) is 4.21 Å². The molecule has 1 saturated heterocycles. The number of hydrogen-bond donors (Lipinski definition) is 0. The first kappa shape index (κ1) is 15.1. The van der Waals surface area contributed by atoms with Crippen LogP contribution in [-0.4, -0.2) is 46.0 Å². The fraction of sp³-hybridized carbons (Fsp3) is 0.600. The minimum atomic E-state index is -0.594. The second kappa shape index (κ2) is 8.08. The van der Waals surface area contributed by atoms with E-state index in [-0.39, 0.29) is 0 Å². The van der Waals surface area contributed by atoms with E-state index in [1.165, 1.54) is 5.56 Å². The summed E-state index contributed by atoms with van der Waals surface area (Å²) in [4.78, 5) is 2.48. The molecule has 1 heterocycles. The van der Waals surface area contributed by atoms with Gasteiger partial charge in [-0.15, -0.1) is 0 Å². The Morgan fingerprint density at radius 2 is 2.16 bits per heavy atom. The van der Waals surface area contributed by atoms with Gasteiger partial charge in [-0.1, -0.05) is 37.3 Å². The Labute approximate surface area is 123 Å². The van der Waals surface area contributed by atoms with Crippen LogP contribution in [0, 0.1) is 5.92 Å². The Morgan fingerprint density at radius 3 is 2.95 bits per heavy atom. The molecule has 1 aliphatic heterocycles. The summed E-state index contributed by atoms with van der Waals surface area (Å²) in [6.07, 6.45) is 0. The zero-order valence-corrected chi connectivity index (χ0v) is 13.2. The van der Waals surface area contributed by atoms with E-state index < -0.39 is 10.8 Å². The van der Waals surface area contributed by atoms with Crippen molar-refractivity contribution in [3.05, 3.63) is 35.9 Å². The maximum absolute atomic E-state index is 11.6. The van der Waals surface area contributed by atoms with E-state index in [0.717, 1.165) is 42.6 Å². The van der Waals surface area contributed by atoms with Crippen LogP contribution >= 0.6 is 11.8 Å². The minimum absolute atomic E-state index is 0.572. The zero-order chi connectivity index (χ0) is 13.5. The molecule has 0 amide bonds. The number of nitrogens with zero attached hydrogens (tertiary/aromatic N) is 1. The van der Waals surface area contributed by atoms with Crippen molar-refractivity contribution in [2.45, 2.75) is 12.7 Å². The predicted molar refractivity (Wildman–Crippen MR) is 86.1 cm³/mol. The molecule has 1 aliphatic rings. The molecule has 0 radical (unpaired) electrons.